The minimum atomic E-state index is -0.00363. The lowest BCUT2D eigenvalue weighted by atomic mass is 10.1. The summed E-state index contributed by atoms with van der Waals surface area (Å²) in [5, 5.41) is 3.43. The molecule has 0 saturated carbocycles. The number of nitrogens with two attached hydrogens (primary N) is 1. The number of nitrogens with zero attached hydrogens (tertiary/aromatic N) is 1. The van der Waals surface area contributed by atoms with Crippen molar-refractivity contribution in [2.45, 2.75) is 25.8 Å². The SMILES string of the molecule is CC(C)(CN)NCCc1ccc2ncoc2c1. The van der Waals surface area contributed by atoms with Crippen LogP contribution in [0.2, 0.25) is 0 Å². The Labute approximate surface area is 101 Å². The molecule has 1 aromatic heterocycles. The number of rotatable bonds is 5. The summed E-state index contributed by atoms with van der Waals surface area (Å²) >= 11 is 0. The van der Waals surface area contributed by atoms with Crippen LogP contribution in [0.25, 0.3) is 11.1 Å². The summed E-state index contributed by atoms with van der Waals surface area (Å²) in [4.78, 5) is 4.09. The van der Waals surface area contributed by atoms with Crippen LogP contribution in [0.5, 0.6) is 0 Å². The van der Waals surface area contributed by atoms with Crippen LogP contribution in [0.4, 0.5) is 0 Å². The maximum atomic E-state index is 5.66. The summed E-state index contributed by atoms with van der Waals surface area (Å²) in [7, 11) is 0. The molecule has 1 aromatic carbocycles. The molecule has 0 bridgehead atoms. The number of oxazole rings is 1. The molecule has 3 N–H and O–H groups in total. The molecule has 0 saturated heterocycles. The summed E-state index contributed by atoms with van der Waals surface area (Å²) in [6.45, 7) is 5.75. The largest absolute Gasteiger partial charge is 0.443 e. The number of hydrogen-bond acceptors (Lipinski definition) is 4. The molecule has 2 rings (SSSR count). The second kappa shape index (κ2) is 4.85. The minimum absolute atomic E-state index is 0.00363. The van der Waals surface area contributed by atoms with Crippen LogP contribution in [-0.4, -0.2) is 23.6 Å². The van der Waals surface area contributed by atoms with Gasteiger partial charge in [-0.25, -0.2) is 4.98 Å². The molecule has 0 fully saturated rings. The van der Waals surface area contributed by atoms with Crippen LogP contribution in [0.15, 0.2) is 29.0 Å². The Morgan fingerprint density at radius 1 is 1.41 bits per heavy atom. The highest BCUT2D eigenvalue weighted by Gasteiger charge is 2.13. The van der Waals surface area contributed by atoms with Gasteiger partial charge < -0.3 is 15.5 Å². The van der Waals surface area contributed by atoms with Gasteiger partial charge in [0, 0.05) is 12.1 Å². The van der Waals surface area contributed by atoms with Crippen LogP contribution >= 0.6 is 0 Å². The number of aromatic nitrogens is 1. The third-order valence-electron chi connectivity index (χ3n) is 2.92. The van der Waals surface area contributed by atoms with Crippen molar-refractivity contribution in [2.24, 2.45) is 5.73 Å². The predicted molar refractivity (Wildman–Crippen MR) is 68.8 cm³/mol. The van der Waals surface area contributed by atoms with Crippen LogP contribution < -0.4 is 11.1 Å². The molecule has 17 heavy (non-hydrogen) atoms. The van der Waals surface area contributed by atoms with E-state index in [0.29, 0.717) is 6.54 Å². The Morgan fingerprint density at radius 2 is 2.24 bits per heavy atom. The monoisotopic (exact) mass is 233 g/mol. The van der Waals surface area contributed by atoms with E-state index in [1.807, 2.05) is 12.1 Å². The average Bonchev–Trinajstić information content (AvgIpc) is 2.76. The molecular formula is C13H19N3O. The molecule has 1 heterocycles. The third-order valence-corrected chi connectivity index (χ3v) is 2.92. The van der Waals surface area contributed by atoms with Crippen molar-refractivity contribution in [3.8, 4) is 0 Å². The predicted octanol–water partition coefficient (Wildman–Crippen LogP) is 1.70. The molecule has 0 radical (unpaired) electrons. The fraction of sp³-hybridized carbons (Fsp3) is 0.462. The highest BCUT2D eigenvalue weighted by atomic mass is 16.3. The van der Waals surface area contributed by atoms with Crippen molar-refractivity contribution in [3.63, 3.8) is 0 Å². The molecule has 0 aliphatic carbocycles. The van der Waals surface area contributed by atoms with E-state index in [-0.39, 0.29) is 5.54 Å². The molecule has 92 valence electrons. The van der Waals surface area contributed by atoms with E-state index in [2.05, 4.69) is 30.2 Å². The highest BCUT2D eigenvalue weighted by molar-refractivity contribution is 5.72. The zero-order valence-corrected chi connectivity index (χ0v) is 10.4. The molecule has 4 nitrogen and oxygen atoms in total. The van der Waals surface area contributed by atoms with E-state index in [1.54, 1.807) is 0 Å². The molecular weight excluding hydrogens is 214 g/mol. The van der Waals surface area contributed by atoms with Gasteiger partial charge in [0.15, 0.2) is 12.0 Å². The molecule has 0 aliphatic heterocycles. The number of nitrogens with one attached hydrogen (secondary N) is 1. The lowest BCUT2D eigenvalue weighted by molar-refractivity contribution is 0.402. The van der Waals surface area contributed by atoms with Gasteiger partial charge in [0.05, 0.1) is 0 Å². The van der Waals surface area contributed by atoms with E-state index < -0.39 is 0 Å². The van der Waals surface area contributed by atoms with Crippen molar-refractivity contribution >= 4 is 11.1 Å². The summed E-state index contributed by atoms with van der Waals surface area (Å²) in [5.74, 6) is 0. The number of hydrogen-bond donors (Lipinski definition) is 2. The van der Waals surface area contributed by atoms with Crippen molar-refractivity contribution in [3.05, 3.63) is 30.2 Å². The molecule has 0 unspecified atom stereocenters. The van der Waals surface area contributed by atoms with Gasteiger partial charge in [-0.3, -0.25) is 0 Å². The van der Waals surface area contributed by atoms with Gasteiger partial charge in [-0.1, -0.05) is 6.07 Å². The Hall–Kier alpha value is -1.39. The first-order chi connectivity index (χ1) is 8.11. The van der Waals surface area contributed by atoms with Crippen LogP contribution in [-0.2, 0) is 6.42 Å². The fourth-order valence-corrected chi connectivity index (χ4v) is 1.67. The van der Waals surface area contributed by atoms with Gasteiger partial charge in [0.1, 0.15) is 5.52 Å². The van der Waals surface area contributed by atoms with E-state index in [4.69, 9.17) is 10.2 Å². The maximum absolute atomic E-state index is 5.66. The molecule has 0 spiro atoms. The zero-order valence-electron chi connectivity index (χ0n) is 10.4. The van der Waals surface area contributed by atoms with Gasteiger partial charge >= 0.3 is 0 Å². The summed E-state index contributed by atoms with van der Waals surface area (Å²) in [6.07, 6.45) is 2.43. The Bertz CT molecular complexity index is 490. The lowest BCUT2D eigenvalue weighted by Gasteiger charge is -2.24. The highest BCUT2D eigenvalue weighted by Crippen LogP contribution is 2.14. The molecule has 0 amide bonds. The van der Waals surface area contributed by atoms with Gasteiger partial charge in [-0.05, 0) is 44.5 Å². The van der Waals surface area contributed by atoms with Crippen molar-refractivity contribution in [2.75, 3.05) is 13.1 Å². The van der Waals surface area contributed by atoms with Crippen LogP contribution in [0.3, 0.4) is 0 Å². The van der Waals surface area contributed by atoms with Gasteiger partial charge in [0.2, 0.25) is 0 Å². The molecule has 0 aliphatic rings. The van der Waals surface area contributed by atoms with Crippen LogP contribution in [0, 0.1) is 0 Å². The van der Waals surface area contributed by atoms with E-state index in [9.17, 15) is 0 Å². The average molecular weight is 233 g/mol. The molecule has 2 aromatic rings. The Morgan fingerprint density at radius 3 is 3.00 bits per heavy atom. The first-order valence-corrected chi connectivity index (χ1v) is 5.88. The summed E-state index contributed by atoms with van der Waals surface area (Å²) in [5.41, 5.74) is 8.66. The Kier molecular flexibility index (Phi) is 3.45. The van der Waals surface area contributed by atoms with Gasteiger partial charge in [-0.15, -0.1) is 0 Å². The zero-order chi connectivity index (χ0) is 12.3. The summed E-state index contributed by atoms with van der Waals surface area (Å²) in [6, 6.07) is 6.11. The van der Waals surface area contributed by atoms with Crippen molar-refractivity contribution in [1.82, 2.24) is 10.3 Å². The van der Waals surface area contributed by atoms with E-state index >= 15 is 0 Å². The lowest BCUT2D eigenvalue weighted by Crippen LogP contribution is -2.46. The minimum Gasteiger partial charge on any atom is -0.443 e. The first-order valence-electron chi connectivity index (χ1n) is 5.88. The van der Waals surface area contributed by atoms with Crippen molar-refractivity contribution < 1.29 is 4.42 Å². The standard InChI is InChI=1S/C13H19N3O/c1-13(2,8-14)16-6-5-10-3-4-11-12(7-10)17-9-15-11/h3-4,7,9,16H,5-6,8,14H2,1-2H3. The smallest absolute Gasteiger partial charge is 0.181 e. The van der Waals surface area contributed by atoms with Gasteiger partial charge in [0.25, 0.3) is 0 Å². The second-order valence-electron chi connectivity index (χ2n) is 4.92. The normalized spacial score (nSPS) is 12.2. The number of benzene rings is 1. The maximum Gasteiger partial charge on any atom is 0.181 e. The van der Waals surface area contributed by atoms with Crippen LogP contribution in [0.1, 0.15) is 19.4 Å². The van der Waals surface area contributed by atoms with Crippen molar-refractivity contribution in [1.29, 1.82) is 0 Å². The topological polar surface area (TPSA) is 64.1 Å². The fourth-order valence-electron chi connectivity index (χ4n) is 1.67. The second-order valence-corrected chi connectivity index (χ2v) is 4.92. The number of fused-ring (bicyclic) bond motifs is 1. The third kappa shape index (κ3) is 3.05. The molecule has 0 atom stereocenters. The van der Waals surface area contributed by atoms with E-state index in [1.165, 1.54) is 12.0 Å². The molecule has 4 heteroatoms. The van der Waals surface area contributed by atoms with E-state index in [0.717, 1.165) is 24.1 Å². The first kappa shape index (κ1) is 12.1. The Balaban J connectivity index is 1.95. The summed E-state index contributed by atoms with van der Waals surface area (Å²) < 4.78 is 5.28. The quantitative estimate of drug-likeness (QED) is 0.825. The van der Waals surface area contributed by atoms with Gasteiger partial charge in [-0.2, -0.15) is 0 Å².